The van der Waals surface area contributed by atoms with Crippen molar-refractivity contribution in [3.63, 3.8) is 0 Å². The molecule has 0 bridgehead atoms. The van der Waals surface area contributed by atoms with Crippen LogP contribution in [0.1, 0.15) is 18.5 Å². The average molecular weight is 353 g/mol. The Morgan fingerprint density at radius 3 is 2.62 bits per heavy atom. The molecule has 0 radical (unpaired) electrons. The fourth-order valence-electron chi connectivity index (χ4n) is 2.21. The second-order valence-electron chi connectivity index (χ2n) is 5.03. The molecule has 1 unspecified atom stereocenters. The van der Waals surface area contributed by atoms with E-state index in [1.807, 2.05) is 0 Å². The highest BCUT2D eigenvalue weighted by atomic mass is 35.5. The molecule has 0 saturated carbocycles. The minimum absolute atomic E-state index is 0.00445. The third kappa shape index (κ3) is 4.08. The van der Waals surface area contributed by atoms with Crippen molar-refractivity contribution in [2.75, 3.05) is 19.5 Å². The lowest BCUT2D eigenvalue weighted by molar-refractivity contribution is 0.249. The zero-order valence-electron chi connectivity index (χ0n) is 13.5. The van der Waals surface area contributed by atoms with Crippen molar-refractivity contribution in [1.29, 1.82) is 0 Å². The van der Waals surface area contributed by atoms with Crippen LogP contribution in [0.15, 0.2) is 36.4 Å². The summed E-state index contributed by atoms with van der Waals surface area (Å²) in [6.07, 6.45) is 0. The zero-order valence-corrected chi connectivity index (χ0v) is 14.3. The predicted molar refractivity (Wildman–Crippen MR) is 91.5 cm³/mol. The van der Waals surface area contributed by atoms with E-state index in [9.17, 15) is 9.18 Å². The van der Waals surface area contributed by atoms with Crippen LogP contribution in [0.3, 0.4) is 0 Å². The van der Waals surface area contributed by atoms with Gasteiger partial charge in [0.25, 0.3) is 0 Å². The van der Waals surface area contributed by atoms with E-state index >= 15 is 0 Å². The summed E-state index contributed by atoms with van der Waals surface area (Å²) in [5.41, 5.74) is 0.739. The van der Waals surface area contributed by atoms with Gasteiger partial charge in [0.2, 0.25) is 0 Å². The van der Waals surface area contributed by atoms with Crippen LogP contribution in [0.2, 0.25) is 5.02 Å². The fraction of sp³-hybridized carbons (Fsp3) is 0.235. The summed E-state index contributed by atoms with van der Waals surface area (Å²) in [5.74, 6) is 0.569. The number of methoxy groups -OCH3 is 2. The van der Waals surface area contributed by atoms with Crippen molar-refractivity contribution in [2.45, 2.75) is 13.0 Å². The lowest BCUT2D eigenvalue weighted by atomic mass is 10.1. The van der Waals surface area contributed by atoms with Gasteiger partial charge in [0.15, 0.2) is 5.82 Å². The lowest BCUT2D eigenvalue weighted by Gasteiger charge is -2.18. The highest BCUT2D eigenvalue weighted by Crippen LogP contribution is 2.29. The second-order valence-corrected chi connectivity index (χ2v) is 5.44. The first-order valence-corrected chi connectivity index (χ1v) is 7.57. The quantitative estimate of drug-likeness (QED) is 0.839. The summed E-state index contributed by atoms with van der Waals surface area (Å²) in [6.45, 7) is 1.78. The number of halogens is 2. The largest absolute Gasteiger partial charge is 0.497 e. The van der Waals surface area contributed by atoms with Crippen molar-refractivity contribution in [2.24, 2.45) is 0 Å². The molecule has 128 valence electrons. The molecule has 2 aromatic rings. The van der Waals surface area contributed by atoms with Crippen LogP contribution in [0, 0.1) is 5.82 Å². The van der Waals surface area contributed by atoms with Crippen molar-refractivity contribution in [3.8, 4) is 11.5 Å². The molecule has 0 saturated heterocycles. The number of amides is 2. The van der Waals surface area contributed by atoms with Crippen LogP contribution in [0.5, 0.6) is 11.5 Å². The molecule has 1 atom stereocenters. The summed E-state index contributed by atoms with van der Waals surface area (Å²) in [7, 11) is 3.09. The first-order valence-electron chi connectivity index (χ1n) is 7.19. The van der Waals surface area contributed by atoms with Gasteiger partial charge in [0, 0.05) is 5.56 Å². The van der Waals surface area contributed by atoms with Gasteiger partial charge in [-0.15, -0.1) is 0 Å². The minimum Gasteiger partial charge on any atom is -0.497 e. The average Bonchev–Trinajstić information content (AvgIpc) is 2.58. The first-order chi connectivity index (χ1) is 11.5. The number of nitrogens with one attached hydrogen (secondary N) is 2. The standard InChI is InChI=1S/C17H18ClFN2O3/c1-10(12-9-11(23-2)7-8-15(12)24-3)20-17(22)21-14-6-4-5-13(18)16(14)19/h4-10H,1-3H3,(H2,20,21,22). The number of hydrogen-bond acceptors (Lipinski definition) is 3. The molecule has 2 aromatic carbocycles. The summed E-state index contributed by atoms with van der Waals surface area (Å²) in [4.78, 5) is 12.1. The van der Waals surface area contributed by atoms with Gasteiger partial charge in [0.1, 0.15) is 11.5 Å². The predicted octanol–water partition coefficient (Wildman–Crippen LogP) is 4.38. The van der Waals surface area contributed by atoms with Gasteiger partial charge < -0.3 is 20.1 Å². The van der Waals surface area contributed by atoms with E-state index in [4.69, 9.17) is 21.1 Å². The van der Waals surface area contributed by atoms with Gasteiger partial charge in [-0.1, -0.05) is 17.7 Å². The molecule has 0 spiro atoms. The van der Waals surface area contributed by atoms with Crippen molar-refractivity contribution < 1.29 is 18.7 Å². The van der Waals surface area contributed by atoms with E-state index in [2.05, 4.69) is 10.6 Å². The Hall–Kier alpha value is -2.47. The Kier molecular flexibility index (Phi) is 5.87. The lowest BCUT2D eigenvalue weighted by Crippen LogP contribution is -2.31. The number of hydrogen-bond donors (Lipinski definition) is 2. The number of rotatable bonds is 5. The topological polar surface area (TPSA) is 59.6 Å². The molecule has 0 aliphatic carbocycles. The molecular formula is C17H18ClFN2O3. The molecule has 0 fully saturated rings. The maximum atomic E-state index is 13.8. The van der Waals surface area contributed by atoms with Crippen molar-refractivity contribution in [3.05, 3.63) is 52.8 Å². The molecule has 0 aromatic heterocycles. The summed E-state index contributed by atoms with van der Waals surface area (Å²) in [5, 5.41) is 5.10. The van der Waals surface area contributed by atoms with E-state index in [1.54, 1.807) is 45.4 Å². The second kappa shape index (κ2) is 7.88. The number of benzene rings is 2. The highest BCUT2D eigenvalue weighted by Gasteiger charge is 2.16. The molecule has 24 heavy (non-hydrogen) atoms. The molecule has 0 heterocycles. The van der Waals surface area contributed by atoms with Crippen LogP contribution < -0.4 is 20.1 Å². The molecule has 0 aliphatic rings. The van der Waals surface area contributed by atoms with Crippen molar-refractivity contribution in [1.82, 2.24) is 5.32 Å². The molecule has 2 amide bonds. The van der Waals surface area contributed by atoms with Crippen LogP contribution in [0.4, 0.5) is 14.9 Å². The molecular weight excluding hydrogens is 335 g/mol. The van der Waals surface area contributed by atoms with Gasteiger partial charge in [-0.05, 0) is 37.3 Å². The third-order valence-corrected chi connectivity index (χ3v) is 3.74. The maximum absolute atomic E-state index is 13.8. The fourth-order valence-corrected chi connectivity index (χ4v) is 2.39. The van der Waals surface area contributed by atoms with Crippen molar-refractivity contribution >= 4 is 23.3 Å². The summed E-state index contributed by atoms with van der Waals surface area (Å²) < 4.78 is 24.3. The Labute approximate surface area is 144 Å². The SMILES string of the molecule is COc1ccc(OC)c(C(C)NC(=O)Nc2cccc(Cl)c2F)c1. The third-order valence-electron chi connectivity index (χ3n) is 3.45. The normalized spacial score (nSPS) is 11.5. The van der Waals surface area contributed by atoms with Crippen LogP contribution in [0.25, 0.3) is 0 Å². The highest BCUT2D eigenvalue weighted by molar-refractivity contribution is 6.31. The zero-order chi connectivity index (χ0) is 17.7. The smallest absolute Gasteiger partial charge is 0.319 e. The monoisotopic (exact) mass is 352 g/mol. The number of carbonyl (C=O) groups excluding carboxylic acids is 1. The Bertz CT molecular complexity index is 740. The van der Waals surface area contributed by atoms with Crippen LogP contribution in [-0.2, 0) is 0 Å². The molecule has 7 heteroatoms. The Morgan fingerprint density at radius 2 is 1.96 bits per heavy atom. The van der Waals surface area contributed by atoms with E-state index in [1.165, 1.54) is 12.1 Å². The maximum Gasteiger partial charge on any atom is 0.319 e. The van der Waals surface area contributed by atoms with E-state index in [-0.39, 0.29) is 10.7 Å². The summed E-state index contributed by atoms with van der Waals surface area (Å²) in [6, 6.07) is 8.71. The van der Waals surface area contributed by atoms with Gasteiger partial charge in [-0.25, -0.2) is 9.18 Å². The molecule has 0 aliphatic heterocycles. The van der Waals surface area contributed by atoms with Gasteiger partial charge >= 0.3 is 6.03 Å². The van der Waals surface area contributed by atoms with E-state index in [0.29, 0.717) is 11.5 Å². The number of urea groups is 1. The van der Waals surface area contributed by atoms with Crippen LogP contribution in [-0.4, -0.2) is 20.3 Å². The number of ether oxygens (including phenoxy) is 2. The molecule has 2 rings (SSSR count). The number of carbonyl (C=O) groups is 1. The van der Waals surface area contributed by atoms with Crippen LogP contribution >= 0.6 is 11.6 Å². The van der Waals surface area contributed by atoms with Gasteiger partial charge in [-0.3, -0.25) is 0 Å². The van der Waals surface area contributed by atoms with E-state index in [0.717, 1.165) is 5.56 Å². The summed E-state index contributed by atoms with van der Waals surface area (Å²) >= 11 is 5.69. The Balaban J connectivity index is 2.13. The van der Waals surface area contributed by atoms with Gasteiger partial charge in [-0.2, -0.15) is 0 Å². The molecule has 5 nitrogen and oxygen atoms in total. The number of anilines is 1. The minimum atomic E-state index is -0.680. The van der Waals surface area contributed by atoms with Gasteiger partial charge in [0.05, 0.1) is 31.0 Å². The first kappa shape index (κ1) is 17.9. The Morgan fingerprint density at radius 1 is 1.21 bits per heavy atom. The molecule has 2 N–H and O–H groups in total. The van der Waals surface area contributed by atoms with E-state index < -0.39 is 17.9 Å².